The first-order chi connectivity index (χ1) is 14.6. The first-order valence-corrected chi connectivity index (χ1v) is 11.1. The Morgan fingerprint density at radius 1 is 1.13 bits per heavy atom. The molecule has 0 spiro atoms. The van der Waals surface area contributed by atoms with Gasteiger partial charge in [-0.15, -0.1) is 0 Å². The maximum atomic E-state index is 13.2. The minimum absolute atomic E-state index is 0.0342. The van der Waals surface area contributed by atoms with E-state index < -0.39 is 0 Å². The van der Waals surface area contributed by atoms with E-state index in [0.717, 1.165) is 44.8 Å². The summed E-state index contributed by atoms with van der Waals surface area (Å²) in [6.45, 7) is 7.85. The van der Waals surface area contributed by atoms with E-state index in [1.54, 1.807) is 7.11 Å². The first-order valence-electron chi connectivity index (χ1n) is 11.1. The first kappa shape index (κ1) is 20.6. The average Bonchev–Trinajstić information content (AvgIpc) is 2.78. The van der Waals surface area contributed by atoms with Crippen LogP contribution < -0.4 is 19.9 Å². The fraction of sp³-hybridized carbons (Fsp3) is 0.480. The predicted octanol–water partition coefficient (Wildman–Crippen LogP) is 3.73. The van der Waals surface area contributed by atoms with Crippen molar-refractivity contribution >= 4 is 17.3 Å². The Morgan fingerprint density at radius 3 is 2.63 bits per heavy atom. The van der Waals surface area contributed by atoms with Crippen LogP contribution in [0.2, 0.25) is 0 Å². The number of anilines is 2. The van der Waals surface area contributed by atoms with Crippen molar-refractivity contribution in [3.05, 3.63) is 54.1 Å². The molecule has 2 heterocycles. The molecular weight excluding hydrogens is 374 g/mol. The summed E-state index contributed by atoms with van der Waals surface area (Å²) in [5.41, 5.74) is 3.77. The molecule has 2 aliphatic heterocycles. The van der Waals surface area contributed by atoms with Crippen molar-refractivity contribution in [3.63, 3.8) is 0 Å². The molecule has 2 aromatic carbocycles. The van der Waals surface area contributed by atoms with Crippen LogP contribution in [-0.2, 0) is 11.2 Å². The highest BCUT2D eigenvalue weighted by Crippen LogP contribution is 2.37. The van der Waals surface area contributed by atoms with Crippen LogP contribution in [-0.4, -0.2) is 45.2 Å². The molecule has 1 amide bonds. The van der Waals surface area contributed by atoms with E-state index in [2.05, 4.69) is 65.4 Å². The van der Waals surface area contributed by atoms with Crippen LogP contribution in [0.25, 0.3) is 0 Å². The minimum Gasteiger partial charge on any atom is -0.497 e. The van der Waals surface area contributed by atoms with Gasteiger partial charge in [0.05, 0.1) is 19.1 Å². The molecule has 2 atom stereocenters. The predicted molar refractivity (Wildman–Crippen MR) is 122 cm³/mol. The van der Waals surface area contributed by atoms with Crippen LogP contribution in [0.5, 0.6) is 5.75 Å². The Hall–Kier alpha value is -2.69. The third-order valence-corrected chi connectivity index (χ3v) is 6.42. The average molecular weight is 408 g/mol. The highest BCUT2D eigenvalue weighted by molar-refractivity contribution is 5.82. The van der Waals surface area contributed by atoms with Crippen LogP contribution in [0.1, 0.15) is 25.8 Å². The zero-order valence-electron chi connectivity index (χ0n) is 18.3. The van der Waals surface area contributed by atoms with Gasteiger partial charge >= 0.3 is 0 Å². The molecule has 0 saturated carbocycles. The van der Waals surface area contributed by atoms with Crippen LogP contribution >= 0.6 is 0 Å². The van der Waals surface area contributed by atoms with Crippen LogP contribution in [0.15, 0.2) is 48.5 Å². The second kappa shape index (κ2) is 8.99. The second-order valence-corrected chi connectivity index (χ2v) is 8.82. The number of carbonyl (C=O) groups is 1. The number of nitrogens with zero attached hydrogens (tertiary/aromatic N) is 2. The zero-order chi connectivity index (χ0) is 21.1. The molecule has 0 unspecified atom stereocenters. The van der Waals surface area contributed by atoms with Gasteiger partial charge in [-0.25, -0.2) is 0 Å². The summed E-state index contributed by atoms with van der Waals surface area (Å²) in [5.74, 6) is 1.62. The number of nitrogens with one attached hydrogen (secondary N) is 1. The number of carbonyl (C=O) groups excluding carboxylic acids is 1. The molecule has 0 radical (unpaired) electrons. The SMILES string of the molecule is COc1ccc(N2CCN3c4ccccc4C[C@@H](C(=O)NCCC(C)C)[C@H]3C2)cc1. The number of ether oxygens (including phenoxy) is 1. The van der Waals surface area contributed by atoms with Gasteiger partial charge in [-0.1, -0.05) is 32.0 Å². The molecule has 0 aromatic heterocycles. The van der Waals surface area contributed by atoms with E-state index in [4.69, 9.17) is 4.74 Å². The molecule has 5 heteroatoms. The van der Waals surface area contributed by atoms with Gasteiger partial charge in [0.2, 0.25) is 5.91 Å². The van der Waals surface area contributed by atoms with Crippen molar-refractivity contribution in [3.8, 4) is 5.75 Å². The van der Waals surface area contributed by atoms with Crippen molar-refractivity contribution in [1.82, 2.24) is 5.32 Å². The Bertz CT molecular complexity index is 865. The molecule has 4 rings (SSSR count). The van der Waals surface area contributed by atoms with Gasteiger partial charge in [-0.3, -0.25) is 4.79 Å². The molecule has 1 saturated heterocycles. The highest BCUT2D eigenvalue weighted by Gasteiger charge is 2.41. The number of benzene rings is 2. The summed E-state index contributed by atoms with van der Waals surface area (Å²) in [7, 11) is 1.69. The quantitative estimate of drug-likeness (QED) is 0.793. The lowest BCUT2D eigenvalue weighted by molar-refractivity contribution is -0.125. The lowest BCUT2D eigenvalue weighted by atomic mass is 9.83. The van der Waals surface area contributed by atoms with E-state index in [1.807, 2.05) is 12.1 Å². The number of hydrogen-bond acceptors (Lipinski definition) is 4. The lowest BCUT2D eigenvalue weighted by Gasteiger charge is -2.49. The van der Waals surface area contributed by atoms with E-state index in [-0.39, 0.29) is 17.9 Å². The normalized spacial score (nSPS) is 20.5. The standard InChI is InChI=1S/C25H33N3O2/c1-18(2)12-13-26-25(29)22-16-19-6-4-5-7-23(19)28-15-14-27(17-24(22)28)20-8-10-21(30-3)11-9-20/h4-11,18,22,24H,12-17H2,1-3H3,(H,26,29)/t22-,24-/m1/s1. The third-order valence-electron chi connectivity index (χ3n) is 6.42. The Balaban J connectivity index is 1.56. The van der Waals surface area contributed by atoms with Gasteiger partial charge < -0.3 is 19.9 Å². The fourth-order valence-corrected chi connectivity index (χ4v) is 4.70. The summed E-state index contributed by atoms with van der Waals surface area (Å²) >= 11 is 0. The van der Waals surface area contributed by atoms with E-state index >= 15 is 0 Å². The zero-order valence-corrected chi connectivity index (χ0v) is 18.3. The van der Waals surface area contributed by atoms with Crippen molar-refractivity contribution in [2.45, 2.75) is 32.7 Å². The lowest BCUT2D eigenvalue weighted by Crippen LogP contribution is -2.61. The van der Waals surface area contributed by atoms with Gasteiger partial charge in [0.15, 0.2) is 0 Å². The number of rotatable bonds is 6. The summed E-state index contributed by atoms with van der Waals surface area (Å²) in [5, 5.41) is 3.22. The van der Waals surface area contributed by atoms with Crippen LogP contribution in [0.4, 0.5) is 11.4 Å². The van der Waals surface area contributed by atoms with Gasteiger partial charge in [-0.05, 0) is 54.7 Å². The van der Waals surface area contributed by atoms with Crippen molar-refractivity contribution in [2.75, 3.05) is 43.1 Å². The third kappa shape index (κ3) is 4.25. The molecule has 0 bridgehead atoms. The monoisotopic (exact) mass is 407 g/mol. The largest absolute Gasteiger partial charge is 0.497 e. The second-order valence-electron chi connectivity index (χ2n) is 8.82. The fourth-order valence-electron chi connectivity index (χ4n) is 4.70. The number of piperazine rings is 1. The van der Waals surface area contributed by atoms with Crippen molar-refractivity contribution in [1.29, 1.82) is 0 Å². The van der Waals surface area contributed by atoms with Crippen molar-refractivity contribution in [2.24, 2.45) is 11.8 Å². The van der Waals surface area contributed by atoms with E-state index in [0.29, 0.717) is 5.92 Å². The van der Waals surface area contributed by atoms with E-state index in [1.165, 1.54) is 16.9 Å². The maximum Gasteiger partial charge on any atom is 0.225 e. The molecular formula is C25H33N3O2. The molecule has 30 heavy (non-hydrogen) atoms. The maximum absolute atomic E-state index is 13.2. The summed E-state index contributed by atoms with van der Waals surface area (Å²) < 4.78 is 5.30. The van der Waals surface area contributed by atoms with Crippen LogP contribution in [0.3, 0.4) is 0 Å². The van der Waals surface area contributed by atoms with Gasteiger partial charge in [0.1, 0.15) is 5.75 Å². The molecule has 2 aromatic rings. The molecule has 160 valence electrons. The molecule has 1 N–H and O–H groups in total. The number of amides is 1. The molecule has 1 fully saturated rings. The van der Waals surface area contributed by atoms with E-state index in [9.17, 15) is 4.79 Å². The molecule has 0 aliphatic carbocycles. The topological polar surface area (TPSA) is 44.8 Å². The Morgan fingerprint density at radius 2 is 1.90 bits per heavy atom. The molecule has 5 nitrogen and oxygen atoms in total. The smallest absolute Gasteiger partial charge is 0.225 e. The number of hydrogen-bond donors (Lipinski definition) is 1. The summed E-state index contributed by atoms with van der Waals surface area (Å²) in [4.78, 5) is 18.1. The number of para-hydroxylation sites is 1. The number of methoxy groups -OCH3 is 1. The van der Waals surface area contributed by atoms with Crippen LogP contribution in [0, 0.1) is 11.8 Å². The summed E-state index contributed by atoms with van der Waals surface area (Å²) in [6, 6.07) is 17.0. The number of fused-ring (bicyclic) bond motifs is 3. The Kier molecular flexibility index (Phi) is 6.16. The van der Waals surface area contributed by atoms with Crippen molar-refractivity contribution < 1.29 is 9.53 Å². The minimum atomic E-state index is -0.0342. The van der Waals surface area contributed by atoms with Gasteiger partial charge in [0.25, 0.3) is 0 Å². The van der Waals surface area contributed by atoms with Gasteiger partial charge in [-0.2, -0.15) is 0 Å². The summed E-state index contributed by atoms with van der Waals surface area (Å²) in [6.07, 6.45) is 1.82. The molecule has 2 aliphatic rings. The van der Waals surface area contributed by atoms with Gasteiger partial charge in [0, 0.05) is 37.6 Å². The highest BCUT2D eigenvalue weighted by atomic mass is 16.5. The Labute approximate surface area is 180 Å².